The first-order valence-corrected chi connectivity index (χ1v) is 5.95. The van der Waals surface area contributed by atoms with Crippen LogP contribution in [0, 0.1) is 0 Å². The van der Waals surface area contributed by atoms with Gasteiger partial charge in [-0.05, 0) is 18.2 Å². The van der Waals surface area contributed by atoms with E-state index >= 15 is 0 Å². The minimum absolute atomic E-state index is 0.687. The minimum atomic E-state index is 0.687. The molecule has 0 amide bonds. The van der Waals surface area contributed by atoms with E-state index in [1.165, 1.54) is 0 Å². The van der Waals surface area contributed by atoms with E-state index in [9.17, 15) is 0 Å². The topological polar surface area (TPSA) is 54.8 Å². The summed E-state index contributed by atoms with van der Waals surface area (Å²) in [5.74, 6) is 1.57. The molecule has 0 N–H and O–H groups in total. The second-order valence-corrected chi connectivity index (χ2v) is 4.39. The van der Waals surface area contributed by atoms with Crippen LogP contribution in [0.5, 0.6) is 0 Å². The Labute approximate surface area is 111 Å². The molecule has 0 atom stereocenters. The van der Waals surface area contributed by atoms with Gasteiger partial charge in [0.2, 0.25) is 0 Å². The molecule has 0 aromatic carbocycles. The first-order chi connectivity index (χ1) is 9.25. The molecular formula is C14H13N5. The zero-order valence-corrected chi connectivity index (χ0v) is 10.8. The molecule has 3 aromatic heterocycles. The Bertz CT molecular complexity index is 709. The average molecular weight is 251 g/mol. The van der Waals surface area contributed by atoms with Crippen LogP contribution >= 0.6 is 0 Å². The van der Waals surface area contributed by atoms with Gasteiger partial charge in [-0.3, -0.25) is 9.97 Å². The van der Waals surface area contributed by atoms with E-state index in [0.717, 1.165) is 22.3 Å². The summed E-state index contributed by atoms with van der Waals surface area (Å²) in [6.07, 6.45) is 6.99. The molecule has 0 unspecified atom stereocenters. The van der Waals surface area contributed by atoms with Crippen LogP contribution < -0.4 is 4.90 Å². The lowest BCUT2D eigenvalue weighted by molar-refractivity contribution is 1.06. The van der Waals surface area contributed by atoms with Gasteiger partial charge in [-0.15, -0.1) is 0 Å². The van der Waals surface area contributed by atoms with Gasteiger partial charge in [-0.2, -0.15) is 0 Å². The number of aromatic nitrogens is 4. The Hall–Kier alpha value is -2.56. The first kappa shape index (κ1) is 11.5. The lowest BCUT2D eigenvalue weighted by Gasteiger charge is -2.15. The predicted molar refractivity (Wildman–Crippen MR) is 74.9 cm³/mol. The molecule has 0 fully saturated rings. The van der Waals surface area contributed by atoms with Gasteiger partial charge < -0.3 is 4.90 Å². The SMILES string of the molecule is CN(C)c1nc(-c2ccncc2)nc2cnccc12. The van der Waals surface area contributed by atoms with Crippen LogP contribution in [0.2, 0.25) is 0 Å². The van der Waals surface area contributed by atoms with Crippen molar-refractivity contribution in [3.63, 3.8) is 0 Å². The summed E-state index contributed by atoms with van der Waals surface area (Å²) < 4.78 is 0. The first-order valence-electron chi connectivity index (χ1n) is 5.95. The highest BCUT2D eigenvalue weighted by atomic mass is 15.2. The fraction of sp³-hybridized carbons (Fsp3) is 0.143. The van der Waals surface area contributed by atoms with Gasteiger partial charge >= 0.3 is 0 Å². The van der Waals surface area contributed by atoms with Crippen molar-refractivity contribution in [1.29, 1.82) is 0 Å². The lowest BCUT2D eigenvalue weighted by atomic mass is 10.2. The second-order valence-electron chi connectivity index (χ2n) is 4.39. The quantitative estimate of drug-likeness (QED) is 0.698. The zero-order chi connectivity index (χ0) is 13.2. The molecule has 5 nitrogen and oxygen atoms in total. The standard InChI is InChI=1S/C14H13N5/c1-19(2)14-11-5-8-16-9-12(11)17-13(18-14)10-3-6-15-7-4-10/h3-9H,1-2H3. The predicted octanol–water partition coefficient (Wildman–Crippen LogP) is 2.15. The highest BCUT2D eigenvalue weighted by molar-refractivity contribution is 5.90. The molecule has 3 rings (SSSR count). The zero-order valence-electron chi connectivity index (χ0n) is 10.8. The Morgan fingerprint density at radius 1 is 0.895 bits per heavy atom. The third kappa shape index (κ3) is 2.10. The third-order valence-electron chi connectivity index (χ3n) is 2.84. The number of rotatable bonds is 2. The van der Waals surface area contributed by atoms with Crippen LogP contribution in [0.1, 0.15) is 0 Å². The van der Waals surface area contributed by atoms with E-state index in [0.29, 0.717) is 5.82 Å². The van der Waals surface area contributed by atoms with Crippen LogP contribution in [-0.2, 0) is 0 Å². The minimum Gasteiger partial charge on any atom is -0.362 e. The smallest absolute Gasteiger partial charge is 0.162 e. The number of anilines is 1. The van der Waals surface area contributed by atoms with Gasteiger partial charge in [0.25, 0.3) is 0 Å². The fourth-order valence-corrected chi connectivity index (χ4v) is 1.93. The van der Waals surface area contributed by atoms with E-state index in [1.54, 1.807) is 24.8 Å². The highest BCUT2D eigenvalue weighted by Crippen LogP contribution is 2.25. The van der Waals surface area contributed by atoms with Gasteiger partial charge in [-0.1, -0.05) is 0 Å². The van der Waals surface area contributed by atoms with Crippen molar-refractivity contribution >= 4 is 16.7 Å². The highest BCUT2D eigenvalue weighted by Gasteiger charge is 2.10. The molecule has 0 aliphatic carbocycles. The van der Waals surface area contributed by atoms with Crippen LogP contribution in [0.25, 0.3) is 22.3 Å². The monoisotopic (exact) mass is 251 g/mol. The molecule has 0 saturated carbocycles. The summed E-state index contributed by atoms with van der Waals surface area (Å²) in [6, 6.07) is 5.73. The molecule has 0 aliphatic rings. The number of hydrogen-bond acceptors (Lipinski definition) is 5. The van der Waals surface area contributed by atoms with E-state index in [4.69, 9.17) is 0 Å². The number of hydrogen-bond donors (Lipinski definition) is 0. The Morgan fingerprint density at radius 2 is 1.63 bits per heavy atom. The van der Waals surface area contributed by atoms with Crippen molar-refractivity contribution in [2.24, 2.45) is 0 Å². The molecule has 0 saturated heterocycles. The summed E-state index contributed by atoms with van der Waals surface area (Å²) in [5, 5.41) is 0.998. The summed E-state index contributed by atoms with van der Waals surface area (Å²) in [4.78, 5) is 19.3. The lowest BCUT2D eigenvalue weighted by Crippen LogP contribution is -2.12. The molecule has 3 aromatic rings. The van der Waals surface area contributed by atoms with Crippen molar-refractivity contribution in [3.05, 3.63) is 43.0 Å². The fourth-order valence-electron chi connectivity index (χ4n) is 1.93. The third-order valence-corrected chi connectivity index (χ3v) is 2.84. The molecule has 0 radical (unpaired) electrons. The molecule has 94 valence electrons. The van der Waals surface area contributed by atoms with Crippen molar-refractivity contribution < 1.29 is 0 Å². The van der Waals surface area contributed by atoms with Crippen molar-refractivity contribution in [2.75, 3.05) is 19.0 Å². The largest absolute Gasteiger partial charge is 0.362 e. The Morgan fingerprint density at radius 3 is 2.37 bits per heavy atom. The maximum atomic E-state index is 4.63. The van der Waals surface area contributed by atoms with E-state index in [-0.39, 0.29) is 0 Å². The van der Waals surface area contributed by atoms with Crippen LogP contribution in [0.15, 0.2) is 43.0 Å². The molecule has 0 spiro atoms. The van der Waals surface area contributed by atoms with Gasteiger partial charge in [0.1, 0.15) is 5.82 Å². The van der Waals surface area contributed by atoms with Gasteiger partial charge in [0, 0.05) is 43.6 Å². The molecular weight excluding hydrogens is 238 g/mol. The summed E-state index contributed by atoms with van der Waals surface area (Å²) >= 11 is 0. The van der Waals surface area contributed by atoms with E-state index < -0.39 is 0 Å². The molecule has 19 heavy (non-hydrogen) atoms. The number of nitrogens with zero attached hydrogens (tertiary/aromatic N) is 5. The maximum absolute atomic E-state index is 4.63. The Kier molecular flexibility index (Phi) is 2.79. The van der Waals surface area contributed by atoms with Crippen molar-refractivity contribution in [2.45, 2.75) is 0 Å². The van der Waals surface area contributed by atoms with Gasteiger partial charge in [-0.25, -0.2) is 9.97 Å². The van der Waals surface area contributed by atoms with Crippen molar-refractivity contribution in [1.82, 2.24) is 19.9 Å². The Balaban J connectivity index is 2.28. The van der Waals surface area contributed by atoms with E-state index in [1.807, 2.05) is 37.2 Å². The number of pyridine rings is 2. The molecule has 3 heterocycles. The molecule has 0 aliphatic heterocycles. The van der Waals surface area contributed by atoms with Gasteiger partial charge in [0.05, 0.1) is 11.7 Å². The average Bonchev–Trinajstić information content (AvgIpc) is 2.47. The summed E-state index contributed by atoms with van der Waals surface area (Å²) in [5.41, 5.74) is 1.79. The molecule has 5 heteroatoms. The maximum Gasteiger partial charge on any atom is 0.162 e. The van der Waals surface area contributed by atoms with E-state index in [2.05, 4.69) is 19.9 Å². The van der Waals surface area contributed by atoms with Crippen molar-refractivity contribution in [3.8, 4) is 11.4 Å². The normalized spacial score (nSPS) is 10.6. The molecule has 0 bridgehead atoms. The summed E-state index contributed by atoms with van der Waals surface area (Å²) in [7, 11) is 3.94. The summed E-state index contributed by atoms with van der Waals surface area (Å²) in [6.45, 7) is 0. The van der Waals surface area contributed by atoms with Crippen LogP contribution in [0.3, 0.4) is 0 Å². The second kappa shape index (κ2) is 4.61. The number of fused-ring (bicyclic) bond motifs is 1. The van der Waals surface area contributed by atoms with Gasteiger partial charge in [0.15, 0.2) is 5.82 Å². The van der Waals surface area contributed by atoms with Crippen LogP contribution in [-0.4, -0.2) is 34.0 Å². The van der Waals surface area contributed by atoms with Crippen LogP contribution in [0.4, 0.5) is 5.82 Å².